The van der Waals surface area contributed by atoms with Crippen LogP contribution in [0.15, 0.2) is 12.1 Å². The third-order valence-electron chi connectivity index (χ3n) is 2.30. The Morgan fingerprint density at radius 1 is 1.56 bits per heavy atom. The third-order valence-corrected chi connectivity index (χ3v) is 3.54. The topological polar surface area (TPSA) is 59.4 Å². The highest BCUT2D eigenvalue weighted by Crippen LogP contribution is 2.32. The standard InChI is InChI=1S/C11H11NO3S/c1-3-8-12-9-7(15-2)5-4-6(11(13)14)10(9)16-8/h4-5H,3H2,1-2H3,(H,13,14). The van der Waals surface area contributed by atoms with Crippen molar-refractivity contribution in [3.63, 3.8) is 0 Å². The molecule has 0 saturated carbocycles. The van der Waals surface area contributed by atoms with Crippen LogP contribution in [0.2, 0.25) is 0 Å². The van der Waals surface area contributed by atoms with Crippen LogP contribution < -0.4 is 4.74 Å². The van der Waals surface area contributed by atoms with Gasteiger partial charge in [0.1, 0.15) is 11.3 Å². The summed E-state index contributed by atoms with van der Waals surface area (Å²) in [5.74, 6) is -0.310. The lowest BCUT2D eigenvalue weighted by molar-refractivity contribution is 0.0699. The van der Waals surface area contributed by atoms with Gasteiger partial charge in [0.15, 0.2) is 0 Å². The molecule has 0 amide bonds. The van der Waals surface area contributed by atoms with Crippen LogP contribution in [0.3, 0.4) is 0 Å². The Morgan fingerprint density at radius 3 is 2.88 bits per heavy atom. The van der Waals surface area contributed by atoms with Crippen molar-refractivity contribution in [1.29, 1.82) is 0 Å². The van der Waals surface area contributed by atoms with Gasteiger partial charge < -0.3 is 9.84 Å². The predicted octanol–water partition coefficient (Wildman–Crippen LogP) is 2.57. The first-order chi connectivity index (χ1) is 7.67. The van der Waals surface area contributed by atoms with Gasteiger partial charge in [-0.3, -0.25) is 0 Å². The molecule has 2 aromatic rings. The van der Waals surface area contributed by atoms with Crippen LogP contribution in [0.5, 0.6) is 5.75 Å². The first-order valence-corrected chi connectivity index (χ1v) is 5.68. The first-order valence-electron chi connectivity index (χ1n) is 4.87. The summed E-state index contributed by atoms with van der Waals surface area (Å²) in [4.78, 5) is 15.4. The summed E-state index contributed by atoms with van der Waals surface area (Å²) in [5, 5.41) is 9.98. The number of fused-ring (bicyclic) bond motifs is 1. The quantitative estimate of drug-likeness (QED) is 0.891. The van der Waals surface area contributed by atoms with Crippen LogP contribution in [-0.2, 0) is 6.42 Å². The summed E-state index contributed by atoms with van der Waals surface area (Å²) < 4.78 is 5.86. The molecule has 0 saturated heterocycles. The zero-order valence-corrected chi connectivity index (χ0v) is 9.80. The van der Waals surface area contributed by atoms with Gasteiger partial charge in [-0.15, -0.1) is 11.3 Å². The van der Waals surface area contributed by atoms with Gasteiger partial charge in [-0.2, -0.15) is 0 Å². The van der Waals surface area contributed by atoms with E-state index in [0.717, 1.165) is 11.4 Å². The van der Waals surface area contributed by atoms with Crippen molar-refractivity contribution in [2.75, 3.05) is 7.11 Å². The van der Waals surface area contributed by atoms with E-state index in [1.807, 2.05) is 6.92 Å². The molecular formula is C11H11NO3S. The highest BCUT2D eigenvalue weighted by atomic mass is 32.1. The average Bonchev–Trinajstić information content (AvgIpc) is 2.70. The van der Waals surface area contributed by atoms with Crippen molar-refractivity contribution in [3.05, 3.63) is 22.7 Å². The molecule has 1 heterocycles. The Kier molecular flexibility index (Phi) is 2.78. The van der Waals surface area contributed by atoms with Crippen molar-refractivity contribution in [1.82, 2.24) is 4.98 Å². The van der Waals surface area contributed by atoms with Crippen LogP contribution in [0.4, 0.5) is 0 Å². The fourth-order valence-corrected chi connectivity index (χ4v) is 2.54. The molecule has 0 aliphatic rings. The van der Waals surface area contributed by atoms with Gasteiger partial charge in [0.05, 0.1) is 22.4 Å². The molecule has 0 atom stereocenters. The molecule has 84 valence electrons. The second-order valence-electron chi connectivity index (χ2n) is 3.26. The lowest BCUT2D eigenvalue weighted by atomic mass is 10.2. The van der Waals surface area contributed by atoms with Crippen LogP contribution in [-0.4, -0.2) is 23.2 Å². The average molecular weight is 237 g/mol. The van der Waals surface area contributed by atoms with Gasteiger partial charge in [-0.25, -0.2) is 9.78 Å². The smallest absolute Gasteiger partial charge is 0.337 e. The summed E-state index contributed by atoms with van der Waals surface area (Å²) >= 11 is 1.41. The molecule has 0 aliphatic carbocycles. The van der Waals surface area contributed by atoms with Gasteiger partial charge in [0.25, 0.3) is 0 Å². The van der Waals surface area contributed by atoms with E-state index in [1.54, 1.807) is 19.2 Å². The van der Waals surface area contributed by atoms with Crippen molar-refractivity contribution in [3.8, 4) is 5.75 Å². The summed E-state index contributed by atoms with van der Waals surface area (Å²) in [6.45, 7) is 1.99. The van der Waals surface area contributed by atoms with Crippen molar-refractivity contribution < 1.29 is 14.6 Å². The minimum Gasteiger partial charge on any atom is -0.494 e. The molecule has 0 aliphatic heterocycles. The van der Waals surface area contributed by atoms with Crippen LogP contribution in [0.25, 0.3) is 10.2 Å². The number of benzene rings is 1. The SMILES string of the molecule is CCc1nc2c(OC)ccc(C(=O)O)c2s1. The van der Waals surface area contributed by atoms with E-state index in [-0.39, 0.29) is 5.56 Å². The number of ether oxygens (including phenoxy) is 1. The fraction of sp³-hybridized carbons (Fsp3) is 0.273. The van der Waals surface area contributed by atoms with Gasteiger partial charge in [-0.05, 0) is 18.6 Å². The summed E-state index contributed by atoms with van der Waals surface area (Å²) in [6, 6.07) is 3.20. The molecule has 0 radical (unpaired) electrons. The number of hydrogen-bond donors (Lipinski definition) is 1. The molecule has 1 aromatic heterocycles. The number of hydrogen-bond acceptors (Lipinski definition) is 4. The van der Waals surface area contributed by atoms with Gasteiger partial charge in [-0.1, -0.05) is 6.92 Å². The Hall–Kier alpha value is -1.62. The van der Waals surface area contributed by atoms with E-state index < -0.39 is 5.97 Å². The Labute approximate surface area is 96.5 Å². The van der Waals surface area contributed by atoms with Crippen molar-refractivity contribution in [2.45, 2.75) is 13.3 Å². The predicted molar refractivity (Wildman–Crippen MR) is 62.5 cm³/mol. The Bertz CT molecular complexity index is 547. The molecule has 1 aromatic carbocycles. The highest BCUT2D eigenvalue weighted by molar-refractivity contribution is 7.19. The van der Waals surface area contributed by atoms with Crippen LogP contribution in [0, 0.1) is 0 Å². The maximum atomic E-state index is 11.1. The second kappa shape index (κ2) is 4.09. The number of carboxylic acid groups (broad SMARTS) is 1. The number of thiazole rings is 1. The first kappa shape index (κ1) is 10.9. The largest absolute Gasteiger partial charge is 0.494 e. The lowest BCUT2D eigenvalue weighted by Crippen LogP contribution is -1.96. The molecule has 0 fully saturated rings. The fourth-order valence-electron chi connectivity index (χ4n) is 1.51. The molecular weight excluding hydrogens is 226 g/mol. The zero-order chi connectivity index (χ0) is 11.7. The molecule has 2 rings (SSSR count). The Balaban J connectivity index is 2.77. The number of aromatic nitrogens is 1. The van der Waals surface area contributed by atoms with E-state index in [0.29, 0.717) is 16.0 Å². The molecule has 1 N–H and O–H groups in total. The number of rotatable bonds is 3. The summed E-state index contributed by atoms with van der Waals surface area (Å²) in [6.07, 6.45) is 0.793. The van der Waals surface area contributed by atoms with E-state index in [9.17, 15) is 4.79 Å². The number of nitrogens with zero attached hydrogens (tertiary/aromatic N) is 1. The number of methoxy groups -OCH3 is 1. The molecule has 0 unspecified atom stereocenters. The molecule has 16 heavy (non-hydrogen) atoms. The number of carbonyl (C=O) groups is 1. The molecule has 5 heteroatoms. The van der Waals surface area contributed by atoms with Crippen molar-refractivity contribution >= 4 is 27.5 Å². The number of aromatic carboxylic acids is 1. The van der Waals surface area contributed by atoms with E-state index in [4.69, 9.17) is 9.84 Å². The monoisotopic (exact) mass is 237 g/mol. The van der Waals surface area contributed by atoms with Crippen molar-refractivity contribution in [2.24, 2.45) is 0 Å². The molecule has 0 spiro atoms. The van der Waals surface area contributed by atoms with Crippen LogP contribution in [0.1, 0.15) is 22.3 Å². The Morgan fingerprint density at radius 2 is 2.31 bits per heavy atom. The van der Waals surface area contributed by atoms with Crippen LogP contribution >= 0.6 is 11.3 Å². The van der Waals surface area contributed by atoms with E-state index in [2.05, 4.69) is 4.98 Å². The van der Waals surface area contributed by atoms with E-state index in [1.165, 1.54) is 11.3 Å². The normalized spacial score (nSPS) is 10.6. The summed E-state index contributed by atoms with van der Waals surface area (Å²) in [7, 11) is 1.56. The van der Waals surface area contributed by atoms with Gasteiger partial charge >= 0.3 is 5.97 Å². The zero-order valence-electron chi connectivity index (χ0n) is 8.98. The molecule has 4 nitrogen and oxygen atoms in total. The number of aryl methyl sites for hydroxylation is 1. The lowest BCUT2D eigenvalue weighted by Gasteiger charge is -2.01. The highest BCUT2D eigenvalue weighted by Gasteiger charge is 2.16. The summed E-state index contributed by atoms with van der Waals surface area (Å²) in [5.41, 5.74) is 0.928. The maximum Gasteiger partial charge on any atom is 0.337 e. The second-order valence-corrected chi connectivity index (χ2v) is 4.34. The minimum atomic E-state index is -0.932. The number of carboxylic acids is 1. The minimum absolute atomic E-state index is 0.285. The maximum absolute atomic E-state index is 11.1. The molecule has 0 bridgehead atoms. The van der Waals surface area contributed by atoms with E-state index >= 15 is 0 Å². The van der Waals surface area contributed by atoms with Gasteiger partial charge in [0.2, 0.25) is 0 Å². The van der Waals surface area contributed by atoms with Gasteiger partial charge in [0, 0.05) is 0 Å². The third kappa shape index (κ3) is 1.63.